The van der Waals surface area contributed by atoms with Gasteiger partial charge < -0.3 is 4.74 Å². The molecule has 0 saturated carbocycles. The fourth-order valence-corrected chi connectivity index (χ4v) is 1.11. The number of nitrogens with zero attached hydrogens (tertiary/aromatic N) is 1. The number of amides is 3. The average molecular weight is 226 g/mol. The summed E-state index contributed by atoms with van der Waals surface area (Å²) in [6.07, 6.45) is -0.482. The highest BCUT2D eigenvalue weighted by molar-refractivity contribution is 6.44. The van der Waals surface area contributed by atoms with Crippen LogP contribution in [0.1, 0.15) is 33.6 Å². The number of hydrogen-bond acceptors (Lipinski definition) is 4. The van der Waals surface area contributed by atoms with E-state index >= 15 is 0 Å². The molecule has 1 aliphatic rings. The monoisotopic (exact) mass is 226 g/mol. The fraction of sp³-hybridized carbons (Fsp3) is 0.600. The number of rotatable bonds is 0. The number of carbonyl (C=O) groups excluding carboxylic acids is 3. The first kappa shape index (κ1) is 12.4. The normalized spacial score (nSPS) is 19.6. The van der Waals surface area contributed by atoms with Gasteiger partial charge in [-0.15, -0.1) is 0 Å². The number of imide groups is 1. The first-order valence-electron chi connectivity index (χ1n) is 4.92. The Morgan fingerprint density at radius 3 is 2.44 bits per heavy atom. The van der Waals surface area contributed by atoms with Crippen LogP contribution in [0.25, 0.3) is 0 Å². The maximum absolute atomic E-state index is 11.3. The van der Waals surface area contributed by atoms with Crippen molar-refractivity contribution in [1.29, 1.82) is 0 Å². The Morgan fingerprint density at radius 2 is 1.94 bits per heavy atom. The highest BCUT2D eigenvalue weighted by Crippen LogP contribution is 2.09. The van der Waals surface area contributed by atoms with Crippen LogP contribution in [0.15, 0.2) is 4.99 Å². The second-order valence-corrected chi connectivity index (χ2v) is 4.42. The summed E-state index contributed by atoms with van der Waals surface area (Å²) >= 11 is 0. The number of carbonyl (C=O) groups is 3. The summed E-state index contributed by atoms with van der Waals surface area (Å²) in [5.41, 5.74) is -0.615. The molecular weight excluding hydrogens is 212 g/mol. The smallest absolute Gasteiger partial charge is 0.434 e. The van der Waals surface area contributed by atoms with E-state index in [1.54, 1.807) is 20.8 Å². The zero-order chi connectivity index (χ0) is 12.3. The van der Waals surface area contributed by atoms with Gasteiger partial charge in [0.25, 0.3) is 5.91 Å². The van der Waals surface area contributed by atoms with E-state index in [0.717, 1.165) is 0 Å². The Balaban J connectivity index is 2.67. The van der Waals surface area contributed by atoms with Crippen molar-refractivity contribution in [2.75, 3.05) is 0 Å². The lowest BCUT2D eigenvalue weighted by molar-refractivity contribution is -0.128. The van der Waals surface area contributed by atoms with Crippen LogP contribution in [-0.4, -0.2) is 29.2 Å². The molecule has 88 valence electrons. The van der Waals surface area contributed by atoms with Gasteiger partial charge in [0, 0.05) is 12.8 Å². The highest BCUT2D eigenvalue weighted by Gasteiger charge is 2.24. The molecule has 16 heavy (non-hydrogen) atoms. The first-order valence-corrected chi connectivity index (χ1v) is 4.92. The van der Waals surface area contributed by atoms with E-state index in [2.05, 4.69) is 10.3 Å². The van der Waals surface area contributed by atoms with Crippen LogP contribution >= 0.6 is 0 Å². The number of piperidine rings is 1. The molecule has 0 aromatic carbocycles. The maximum atomic E-state index is 11.3. The van der Waals surface area contributed by atoms with Crippen molar-refractivity contribution in [2.24, 2.45) is 4.99 Å². The summed E-state index contributed by atoms with van der Waals surface area (Å²) in [4.78, 5) is 36.9. The zero-order valence-corrected chi connectivity index (χ0v) is 9.49. The highest BCUT2D eigenvalue weighted by atomic mass is 16.6. The molecule has 0 aliphatic carbocycles. The quantitative estimate of drug-likeness (QED) is 0.619. The lowest BCUT2D eigenvalue weighted by Crippen LogP contribution is -2.41. The van der Waals surface area contributed by atoms with Crippen molar-refractivity contribution >= 4 is 23.6 Å². The van der Waals surface area contributed by atoms with Gasteiger partial charge in [-0.2, -0.15) is 4.99 Å². The Morgan fingerprint density at radius 1 is 1.31 bits per heavy atom. The van der Waals surface area contributed by atoms with Gasteiger partial charge in [-0.1, -0.05) is 0 Å². The van der Waals surface area contributed by atoms with Crippen molar-refractivity contribution in [3.05, 3.63) is 0 Å². The van der Waals surface area contributed by atoms with E-state index in [1.165, 1.54) is 0 Å². The van der Waals surface area contributed by atoms with E-state index in [0.29, 0.717) is 0 Å². The van der Waals surface area contributed by atoms with Crippen molar-refractivity contribution in [3.8, 4) is 0 Å². The van der Waals surface area contributed by atoms with Crippen LogP contribution in [0.2, 0.25) is 0 Å². The molecule has 3 amide bonds. The third kappa shape index (κ3) is 3.80. The molecule has 1 aliphatic heterocycles. The average Bonchev–Trinajstić information content (AvgIpc) is 2.06. The van der Waals surface area contributed by atoms with E-state index < -0.39 is 17.6 Å². The SMILES string of the molecule is CC(C)(C)OC(=O)N=C1CCC(=O)NC1=O. The van der Waals surface area contributed by atoms with Gasteiger partial charge in [0.1, 0.15) is 11.3 Å². The molecule has 1 saturated heterocycles. The molecular formula is C10H14N2O4. The molecule has 1 N–H and O–H groups in total. The molecule has 0 spiro atoms. The largest absolute Gasteiger partial charge is 0.442 e. The predicted molar refractivity (Wildman–Crippen MR) is 56.1 cm³/mol. The molecule has 0 radical (unpaired) electrons. The Kier molecular flexibility index (Phi) is 3.41. The molecule has 1 heterocycles. The minimum atomic E-state index is -0.813. The van der Waals surface area contributed by atoms with Gasteiger partial charge in [0.05, 0.1) is 0 Å². The number of hydrogen-bond donors (Lipinski definition) is 1. The fourth-order valence-electron chi connectivity index (χ4n) is 1.11. The Hall–Kier alpha value is -1.72. The molecule has 0 unspecified atom stereocenters. The predicted octanol–water partition coefficient (Wildman–Crippen LogP) is 0.799. The third-order valence-electron chi connectivity index (χ3n) is 1.72. The van der Waals surface area contributed by atoms with Gasteiger partial charge >= 0.3 is 6.09 Å². The maximum Gasteiger partial charge on any atom is 0.434 e. The van der Waals surface area contributed by atoms with Crippen LogP contribution in [0.3, 0.4) is 0 Å². The zero-order valence-electron chi connectivity index (χ0n) is 9.49. The van der Waals surface area contributed by atoms with Crippen molar-refractivity contribution < 1.29 is 19.1 Å². The van der Waals surface area contributed by atoms with Crippen LogP contribution in [-0.2, 0) is 14.3 Å². The second-order valence-electron chi connectivity index (χ2n) is 4.42. The van der Waals surface area contributed by atoms with E-state index in [4.69, 9.17) is 4.74 Å². The number of nitrogens with one attached hydrogen (secondary N) is 1. The van der Waals surface area contributed by atoms with Crippen molar-refractivity contribution in [1.82, 2.24) is 5.32 Å². The molecule has 0 atom stereocenters. The molecule has 0 aromatic rings. The molecule has 1 fully saturated rings. The summed E-state index contributed by atoms with van der Waals surface area (Å²) in [5, 5.41) is 2.08. The Bertz CT molecular complexity index is 366. The van der Waals surface area contributed by atoms with Gasteiger partial charge in [-0.3, -0.25) is 14.9 Å². The van der Waals surface area contributed by atoms with E-state index in [-0.39, 0.29) is 24.5 Å². The number of aliphatic imine (C=N–C) groups is 1. The van der Waals surface area contributed by atoms with Gasteiger partial charge in [0.15, 0.2) is 0 Å². The van der Waals surface area contributed by atoms with Crippen molar-refractivity contribution in [2.45, 2.75) is 39.2 Å². The van der Waals surface area contributed by atoms with E-state index in [9.17, 15) is 14.4 Å². The van der Waals surface area contributed by atoms with Crippen LogP contribution < -0.4 is 5.32 Å². The standard InChI is InChI=1S/C10H14N2O4/c1-10(2,3)16-9(15)11-6-4-5-7(13)12-8(6)14/h4-5H2,1-3H3,(H,12,13,14). The first-order chi connectivity index (χ1) is 7.28. The number of ether oxygens (including phenoxy) is 1. The van der Waals surface area contributed by atoms with Crippen molar-refractivity contribution in [3.63, 3.8) is 0 Å². The van der Waals surface area contributed by atoms with Crippen LogP contribution in [0.4, 0.5) is 4.79 Å². The van der Waals surface area contributed by atoms with Gasteiger partial charge in [-0.25, -0.2) is 4.79 Å². The molecule has 0 bridgehead atoms. The van der Waals surface area contributed by atoms with Crippen LogP contribution in [0.5, 0.6) is 0 Å². The lowest BCUT2D eigenvalue weighted by atomic mass is 10.1. The summed E-state index contributed by atoms with van der Waals surface area (Å²) in [6.45, 7) is 5.11. The minimum absolute atomic E-state index is 0.0360. The Labute approximate surface area is 93.1 Å². The summed E-state index contributed by atoms with van der Waals surface area (Å²) in [6, 6.07) is 0. The summed E-state index contributed by atoms with van der Waals surface area (Å²) in [5.74, 6) is -0.977. The van der Waals surface area contributed by atoms with Gasteiger partial charge in [-0.05, 0) is 20.8 Å². The van der Waals surface area contributed by atoms with E-state index in [1.807, 2.05) is 0 Å². The lowest BCUT2D eigenvalue weighted by Gasteiger charge is -2.18. The molecule has 0 aromatic heterocycles. The molecule has 1 rings (SSSR count). The third-order valence-corrected chi connectivity index (χ3v) is 1.72. The van der Waals surface area contributed by atoms with Crippen LogP contribution in [0, 0.1) is 0 Å². The topological polar surface area (TPSA) is 84.8 Å². The van der Waals surface area contributed by atoms with Gasteiger partial charge in [0.2, 0.25) is 5.91 Å². The minimum Gasteiger partial charge on any atom is -0.442 e. The molecule has 6 heteroatoms. The second kappa shape index (κ2) is 4.42. The molecule has 6 nitrogen and oxygen atoms in total. The summed E-state index contributed by atoms with van der Waals surface area (Å²) < 4.78 is 4.92. The summed E-state index contributed by atoms with van der Waals surface area (Å²) in [7, 11) is 0.